The number of fused-ring (bicyclic) bond motifs is 1. The molecule has 2 aliphatic rings. The van der Waals surface area contributed by atoms with Crippen LogP contribution in [0, 0.1) is 0 Å². The van der Waals surface area contributed by atoms with E-state index in [2.05, 4.69) is 32.0 Å². The highest BCUT2D eigenvalue weighted by molar-refractivity contribution is 5.91. The number of carbonyl (C=O) groups excluding carboxylic acids is 1. The summed E-state index contributed by atoms with van der Waals surface area (Å²) in [5.74, 6) is 0.374. The van der Waals surface area contributed by atoms with Gasteiger partial charge in [-0.1, -0.05) is 18.2 Å². The van der Waals surface area contributed by atoms with Crippen molar-refractivity contribution >= 4 is 17.2 Å². The number of nitrogens with two attached hydrogens (primary N) is 1. The molecule has 0 radical (unpaired) electrons. The van der Waals surface area contributed by atoms with Crippen molar-refractivity contribution in [3.05, 3.63) is 54.5 Å². The number of carbonyl (C=O) groups is 1. The van der Waals surface area contributed by atoms with E-state index in [-0.39, 0.29) is 11.9 Å². The first-order valence-corrected chi connectivity index (χ1v) is 11.2. The number of aliphatic hydroxyl groups is 1. The van der Waals surface area contributed by atoms with Gasteiger partial charge in [-0.2, -0.15) is 10.2 Å². The lowest BCUT2D eigenvalue weighted by molar-refractivity contribution is -0.130. The van der Waals surface area contributed by atoms with E-state index in [1.807, 2.05) is 35.0 Å². The molecule has 4 heterocycles. The molecule has 4 aromatic rings. The number of amides is 1. The van der Waals surface area contributed by atoms with Gasteiger partial charge in [-0.15, -0.1) is 0 Å². The van der Waals surface area contributed by atoms with Crippen LogP contribution < -0.4 is 5.73 Å². The number of rotatable bonds is 4. The summed E-state index contributed by atoms with van der Waals surface area (Å²) in [4.78, 5) is 18.1. The first-order chi connectivity index (χ1) is 16.0. The van der Waals surface area contributed by atoms with E-state index in [1.165, 1.54) is 6.33 Å². The Morgan fingerprint density at radius 1 is 1.15 bits per heavy atom. The summed E-state index contributed by atoms with van der Waals surface area (Å²) in [5.41, 5.74) is 11.8. The molecule has 1 aromatic carbocycles. The molecule has 9 heteroatoms. The van der Waals surface area contributed by atoms with Gasteiger partial charge in [0.25, 0.3) is 0 Å². The predicted molar refractivity (Wildman–Crippen MR) is 123 cm³/mol. The fourth-order valence-corrected chi connectivity index (χ4v) is 4.99. The number of hydrogen-bond donors (Lipinski definition) is 2. The van der Waals surface area contributed by atoms with Crippen LogP contribution in [0.5, 0.6) is 0 Å². The molecular formula is C24H25N7O2. The summed E-state index contributed by atoms with van der Waals surface area (Å²) in [7, 11) is 0. The summed E-state index contributed by atoms with van der Waals surface area (Å²) in [5, 5.41) is 19.2. The first-order valence-electron chi connectivity index (χ1n) is 11.2. The van der Waals surface area contributed by atoms with E-state index in [0.717, 1.165) is 46.4 Å². The monoisotopic (exact) mass is 443 g/mol. The van der Waals surface area contributed by atoms with Crippen LogP contribution in [0.4, 0.5) is 5.82 Å². The number of nitrogens with zero attached hydrogens (tertiary/aromatic N) is 6. The Morgan fingerprint density at radius 3 is 2.79 bits per heavy atom. The minimum atomic E-state index is -0.515. The van der Waals surface area contributed by atoms with Gasteiger partial charge in [0.15, 0.2) is 5.82 Å². The van der Waals surface area contributed by atoms with Gasteiger partial charge in [-0.3, -0.25) is 9.48 Å². The highest BCUT2D eigenvalue weighted by atomic mass is 16.3. The van der Waals surface area contributed by atoms with Gasteiger partial charge < -0.3 is 15.7 Å². The zero-order valence-electron chi connectivity index (χ0n) is 18.3. The van der Waals surface area contributed by atoms with E-state index in [9.17, 15) is 9.90 Å². The van der Waals surface area contributed by atoms with Gasteiger partial charge >= 0.3 is 0 Å². The zero-order chi connectivity index (χ0) is 22.7. The number of β-amino-alcohol motifs (C(OH)–C–C–N with tert-alkyl or cyclic N) is 1. The fraction of sp³-hybridized carbons (Fsp3) is 0.333. The van der Waals surface area contributed by atoms with E-state index >= 15 is 0 Å². The minimum Gasteiger partial charge on any atom is -0.391 e. The topological polar surface area (TPSA) is 115 Å². The number of hydrogen-bond acceptors (Lipinski definition) is 6. The molecule has 6 rings (SSSR count). The standard InChI is InChI=1S/C24H25N7O2/c1-14(32)29-12-18(33)10-21(29)15-3-2-4-16(9-15)22-11-19(23-24(25)26-13-28-31(22)23)20-7-8-27-30(20)17-5-6-17/h2-4,7-9,11,13,17-18,21,33H,5-6,10,12H2,1H3,(H2,25,26,28). The molecule has 0 bridgehead atoms. The minimum absolute atomic E-state index is 0.0359. The summed E-state index contributed by atoms with van der Waals surface area (Å²) >= 11 is 0. The van der Waals surface area contributed by atoms with Gasteiger partial charge in [0, 0.05) is 30.8 Å². The van der Waals surface area contributed by atoms with E-state index in [4.69, 9.17) is 5.73 Å². The van der Waals surface area contributed by atoms with Crippen molar-refractivity contribution in [2.24, 2.45) is 0 Å². The Hall–Kier alpha value is -3.72. The van der Waals surface area contributed by atoms with Gasteiger partial charge in [0.1, 0.15) is 11.8 Å². The van der Waals surface area contributed by atoms with Crippen LogP contribution in [0.25, 0.3) is 28.0 Å². The van der Waals surface area contributed by atoms with Crippen molar-refractivity contribution in [3.8, 4) is 22.5 Å². The van der Waals surface area contributed by atoms with Crippen LogP contribution in [0.2, 0.25) is 0 Å². The average Bonchev–Trinajstić information content (AvgIpc) is 3.21. The number of aromatic nitrogens is 5. The molecular weight excluding hydrogens is 418 g/mol. The fourth-order valence-electron chi connectivity index (χ4n) is 4.99. The van der Waals surface area contributed by atoms with Gasteiger partial charge in [0.05, 0.1) is 29.6 Å². The number of likely N-dealkylation sites (tertiary alicyclic amines) is 1. The van der Waals surface area contributed by atoms with Crippen LogP contribution in [0.1, 0.15) is 43.8 Å². The van der Waals surface area contributed by atoms with Crippen LogP contribution >= 0.6 is 0 Å². The summed E-state index contributed by atoms with van der Waals surface area (Å²) in [6.07, 6.45) is 5.54. The number of benzene rings is 1. The highest BCUT2D eigenvalue weighted by Crippen LogP contribution is 2.41. The van der Waals surface area contributed by atoms with Crippen LogP contribution in [0.3, 0.4) is 0 Å². The third-order valence-electron chi connectivity index (χ3n) is 6.67. The number of anilines is 1. The molecule has 1 saturated heterocycles. The lowest BCUT2D eigenvalue weighted by Crippen LogP contribution is -2.29. The summed E-state index contributed by atoms with van der Waals surface area (Å²) in [6.45, 7) is 1.90. The SMILES string of the molecule is CC(=O)N1CC(O)CC1c1cccc(-c2cc(-c3ccnn3C3CC3)c3c(N)ncnn23)c1. The summed E-state index contributed by atoms with van der Waals surface area (Å²) < 4.78 is 3.89. The van der Waals surface area contributed by atoms with Gasteiger partial charge in [0.2, 0.25) is 5.91 Å². The van der Waals surface area contributed by atoms with E-state index < -0.39 is 6.10 Å². The number of aliphatic hydroxyl groups excluding tert-OH is 1. The predicted octanol–water partition coefficient (Wildman–Crippen LogP) is 2.83. The molecule has 3 N–H and O–H groups in total. The quantitative estimate of drug-likeness (QED) is 0.501. The highest BCUT2D eigenvalue weighted by Gasteiger charge is 2.34. The lowest BCUT2D eigenvalue weighted by atomic mass is 10.00. The van der Waals surface area contributed by atoms with E-state index in [0.29, 0.717) is 24.8 Å². The third kappa shape index (κ3) is 3.27. The smallest absolute Gasteiger partial charge is 0.220 e. The van der Waals surface area contributed by atoms with Crippen molar-refractivity contribution < 1.29 is 9.90 Å². The molecule has 33 heavy (non-hydrogen) atoms. The molecule has 2 atom stereocenters. The lowest BCUT2D eigenvalue weighted by Gasteiger charge is -2.23. The largest absolute Gasteiger partial charge is 0.391 e. The maximum atomic E-state index is 12.1. The molecule has 168 valence electrons. The Bertz CT molecular complexity index is 1370. The maximum Gasteiger partial charge on any atom is 0.220 e. The average molecular weight is 444 g/mol. The molecule has 2 unspecified atom stereocenters. The van der Waals surface area contributed by atoms with Crippen LogP contribution in [0.15, 0.2) is 48.9 Å². The zero-order valence-corrected chi connectivity index (χ0v) is 18.3. The Morgan fingerprint density at radius 2 is 2.00 bits per heavy atom. The second-order valence-electron chi connectivity index (χ2n) is 8.94. The molecule has 1 amide bonds. The molecule has 1 aliphatic heterocycles. The van der Waals surface area contributed by atoms with Crippen molar-refractivity contribution in [1.29, 1.82) is 0 Å². The van der Waals surface area contributed by atoms with Crippen molar-refractivity contribution in [2.75, 3.05) is 12.3 Å². The molecule has 2 fully saturated rings. The Balaban J connectivity index is 1.49. The number of nitrogen functional groups attached to an aromatic ring is 1. The molecule has 0 spiro atoms. The van der Waals surface area contributed by atoms with Crippen molar-refractivity contribution in [1.82, 2.24) is 29.3 Å². The first kappa shape index (κ1) is 19.9. The van der Waals surface area contributed by atoms with Crippen molar-refractivity contribution in [2.45, 2.75) is 44.4 Å². The van der Waals surface area contributed by atoms with Gasteiger partial charge in [-0.05, 0) is 43.0 Å². The summed E-state index contributed by atoms with van der Waals surface area (Å²) in [6, 6.07) is 12.4. The van der Waals surface area contributed by atoms with Gasteiger partial charge in [-0.25, -0.2) is 9.50 Å². The molecule has 1 saturated carbocycles. The van der Waals surface area contributed by atoms with Crippen molar-refractivity contribution in [3.63, 3.8) is 0 Å². The molecule has 9 nitrogen and oxygen atoms in total. The van der Waals surface area contributed by atoms with Crippen LogP contribution in [-0.4, -0.2) is 52.9 Å². The molecule has 1 aliphatic carbocycles. The Labute approximate surface area is 190 Å². The Kier molecular flexibility index (Phi) is 4.48. The maximum absolute atomic E-state index is 12.1. The van der Waals surface area contributed by atoms with Crippen LogP contribution in [-0.2, 0) is 4.79 Å². The second-order valence-corrected chi connectivity index (χ2v) is 8.94. The molecule has 3 aromatic heterocycles. The third-order valence-corrected chi connectivity index (χ3v) is 6.67. The van der Waals surface area contributed by atoms with E-state index in [1.54, 1.807) is 11.8 Å². The second kappa shape index (κ2) is 7.41. The normalized spacial score (nSPS) is 20.6.